The van der Waals surface area contributed by atoms with Crippen molar-refractivity contribution in [3.8, 4) is 0 Å². The second kappa shape index (κ2) is 31.8. The van der Waals surface area contributed by atoms with Crippen molar-refractivity contribution < 1.29 is 98.6 Å². The van der Waals surface area contributed by atoms with E-state index >= 15 is 0 Å². The predicted octanol–water partition coefficient (Wildman–Crippen LogP) is -7.17. The van der Waals surface area contributed by atoms with Crippen LogP contribution in [0, 0.1) is 5.92 Å². The number of aromatic nitrogens is 2. The molecule has 1 aromatic heterocycles. The van der Waals surface area contributed by atoms with Gasteiger partial charge in [0.2, 0.25) is 41.4 Å². The molecule has 0 saturated carbocycles. The Morgan fingerprint density at radius 2 is 1.26 bits per heavy atom. The lowest BCUT2D eigenvalue weighted by atomic mass is 9.95. The number of methoxy groups -OCH3 is 1. The van der Waals surface area contributed by atoms with E-state index in [0.29, 0.717) is 5.56 Å². The van der Waals surface area contributed by atoms with Gasteiger partial charge in [0, 0.05) is 34.2 Å². The number of aryl methyl sites for hydroxylation is 1. The van der Waals surface area contributed by atoms with Crippen LogP contribution < -0.4 is 42.5 Å². The predicted molar refractivity (Wildman–Crippen MR) is 285 cm³/mol. The summed E-state index contributed by atoms with van der Waals surface area (Å²) >= 11 is 0. The van der Waals surface area contributed by atoms with Crippen LogP contribution in [0.4, 0.5) is 0 Å². The SMILES string of the molecule is CO[C@@H](CNC(=O)[C@H](NC(=O)[C@H](O)[C@H](C)O)[C@H](O)c1cncn1C)[C@H](O)[C@H](O)C(=O)N(C)[C@@H](Cc1ccccc1)C(=O)NCC(=O)N[C@H](C(=O)N[C@@H](C)C(=O)N[C@H](C(=O)N[C@@H](CC(C)C)C(=O)N[C@@H](CO)C(=O)O)C(C)(C)O)C(C)(C)O. The highest BCUT2D eigenvalue weighted by Crippen LogP contribution is 2.19. The third kappa shape index (κ3) is 21.3. The maximum atomic E-state index is 13.9. The highest BCUT2D eigenvalue weighted by molar-refractivity contribution is 5.97. The van der Waals surface area contributed by atoms with Gasteiger partial charge in [-0.15, -0.1) is 0 Å². The number of hydrogen-bond donors (Lipinski definition) is 17. The van der Waals surface area contributed by atoms with Crippen LogP contribution in [0.2, 0.25) is 0 Å². The maximum absolute atomic E-state index is 13.9. The number of nitrogens with zero attached hydrogens (tertiary/aromatic N) is 3. The summed E-state index contributed by atoms with van der Waals surface area (Å²) in [6, 6.07) is -3.56. The molecule has 1 heterocycles. The molecule has 0 aliphatic carbocycles. The summed E-state index contributed by atoms with van der Waals surface area (Å²) in [7, 11) is 3.64. The summed E-state index contributed by atoms with van der Waals surface area (Å²) in [5.74, 6) is -11.8. The zero-order valence-corrected chi connectivity index (χ0v) is 47.5. The Labute approximate surface area is 472 Å². The minimum Gasteiger partial charge on any atom is -0.480 e. The van der Waals surface area contributed by atoms with Crippen molar-refractivity contribution in [2.75, 3.05) is 33.9 Å². The van der Waals surface area contributed by atoms with Gasteiger partial charge in [0.25, 0.3) is 11.8 Å². The van der Waals surface area contributed by atoms with Crippen LogP contribution in [0.1, 0.15) is 79.2 Å². The van der Waals surface area contributed by atoms with Gasteiger partial charge in [-0.2, -0.15) is 0 Å². The molecule has 2 rings (SSSR count). The normalized spacial score (nSPS) is 16.5. The summed E-state index contributed by atoms with van der Waals surface area (Å²) < 4.78 is 6.61. The van der Waals surface area contributed by atoms with Crippen LogP contribution in [-0.4, -0.2) is 237 Å². The van der Waals surface area contributed by atoms with E-state index in [-0.39, 0.29) is 24.5 Å². The first-order chi connectivity index (χ1) is 38.0. The zero-order valence-electron chi connectivity index (χ0n) is 47.5. The first-order valence-corrected chi connectivity index (χ1v) is 25.8. The molecule has 0 spiro atoms. The molecule has 0 aliphatic heterocycles. The molecule has 0 bridgehead atoms. The van der Waals surface area contributed by atoms with Crippen molar-refractivity contribution in [1.82, 2.24) is 57.0 Å². The molecule has 82 heavy (non-hydrogen) atoms. The minimum absolute atomic E-state index is 0.0383. The fraction of sp³-hybridized carbons (Fsp3) is 0.627. The third-order valence-corrected chi connectivity index (χ3v) is 12.7. The van der Waals surface area contributed by atoms with E-state index in [1.54, 1.807) is 44.2 Å². The standard InChI is InChI=1S/C51H81N11O20/c1-24(2)17-28(42(71)57-29(22-63)49(78)79)56-47(76)40(51(7,8)81)60-41(70)25(3)55-46(75)39(50(5,6)80)58-33(65)21-54-43(72)30(18-27-15-13-12-14-16-27)62(10)48(77)38(69)37(68)32(82-11)20-53-44(73)34(59-45(74)35(66)26(4)64)36(67)31-19-52-23-61(31)9/h12-16,19,23-26,28-30,32,34-40,63-64,66-69,80-81H,17-18,20-22H2,1-11H3,(H,53,73)(H,54,72)(H,55,75)(H,56,76)(H,57,71)(H,58,65)(H,59,74)(H,60,70)(H,78,79)/t25-,26-,28-,29-,30-,32-,34+,35+,36+,37-,38-,39+,40+/m0/s1. The Morgan fingerprint density at radius 1 is 0.695 bits per heavy atom. The Hall–Kier alpha value is -7.23. The molecule has 0 unspecified atom stereocenters. The summed E-state index contributed by atoms with van der Waals surface area (Å²) in [6.07, 6.45) is -9.26. The number of aliphatic carboxylic acids is 1. The number of benzene rings is 1. The van der Waals surface area contributed by atoms with Gasteiger partial charge in [-0.3, -0.25) is 43.2 Å². The molecule has 31 nitrogen and oxygen atoms in total. The molecule has 1 aromatic carbocycles. The maximum Gasteiger partial charge on any atom is 0.328 e. The number of amides is 9. The van der Waals surface area contributed by atoms with Crippen molar-refractivity contribution in [2.45, 2.75) is 158 Å². The number of carboxylic acid groups (broad SMARTS) is 1. The van der Waals surface area contributed by atoms with Crippen LogP contribution in [0.5, 0.6) is 0 Å². The molecule has 0 fully saturated rings. The Morgan fingerprint density at radius 3 is 1.76 bits per heavy atom. The van der Waals surface area contributed by atoms with Crippen LogP contribution in [0.25, 0.3) is 0 Å². The third-order valence-electron chi connectivity index (χ3n) is 12.7. The number of hydrogen-bond acceptors (Lipinski definition) is 20. The van der Waals surface area contributed by atoms with E-state index in [1.807, 2.05) is 0 Å². The zero-order chi connectivity index (χ0) is 62.7. The molecule has 460 valence electrons. The first-order valence-electron chi connectivity index (χ1n) is 25.8. The Kier molecular flexibility index (Phi) is 27.5. The van der Waals surface area contributed by atoms with Gasteiger partial charge in [0.15, 0.2) is 12.2 Å². The van der Waals surface area contributed by atoms with Crippen molar-refractivity contribution >= 4 is 59.1 Å². The fourth-order valence-corrected chi connectivity index (χ4v) is 7.85. The molecule has 13 atom stereocenters. The lowest BCUT2D eigenvalue weighted by molar-refractivity contribution is -0.156. The summed E-state index contributed by atoms with van der Waals surface area (Å²) in [5.41, 5.74) is -3.58. The number of nitrogens with one attached hydrogen (secondary N) is 8. The first kappa shape index (κ1) is 70.9. The number of imidazole rings is 1. The second-order valence-corrected chi connectivity index (χ2v) is 21.1. The number of carbonyl (C=O) groups excluding carboxylic acids is 9. The topological polar surface area (TPSA) is 479 Å². The number of aliphatic hydroxyl groups is 8. The van der Waals surface area contributed by atoms with Crippen molar-refractivity contribution in [1.29, 1.82) is 0 Å². The fourth-order valence-electron chi connectivity index (χ4n) is 7.85. The molecule has 17 N–H and O–H groups in total. The van der Waals surface area contributed by atoms with Crippen LogP contribution in [0.3, 0.4) is 0 Å². The van der Waals surface area contributed by atoms with Crippen molar-refractivity contribution in [2.24, 2.45) is 13.0 Å². The number of carboxylic acids is 1. The van der Waals surface area contributed by atoms with Gasteiger partial charge < -0.3 is 103 Å². The lowest BCUT2D eigenvalue weighted by Gasteiger charge is -2.33. The quantitative estimate of drug-likeness (QED) is 0.0316. The van der Waals surface area contributed by atoms with E-state index in [4.69, 9.17) is 4.74 Å². The number of likely N-dealkylation sites (N-methyl/N-ethyl adjacent to an activating group) is 1. The van der Waals surface area contributed by atoms with Crippen molar-refractivity contribution in [3.05, 3.63) is 54.1 Å². The van der Waals surface area contributed by atoms with Crippen molar-refractivity contribution in [3.63, 3.8) is 0 Å². The monoisotopic (exact) mass is 1170 g/mol. The molecular formula is C51H81N11O20. The van der Waals surface area contributed by atoms with Crippen LogP contribution >= 0.6 is 0 Å². The van der Waals surface area contributed by atoms with Gasteiger partial charge in [0.1, 0.15) is 60.6 Å². The highest BCUT2D eigenvalue weighted by atomic mass is 16.5. The second-order valence-electron chi connectivity index (χ2n) is 21.1. The number of carbonyl (C=O) groups is 10. The molecular weight excluding hydrogens is 1090 g/mol. The van der Waals surface area contributed by atoms with E-state index < -0.39 is 169 Å². The number of aliphatic hydroxyl groups excluding tert-OH is 6. The number of ether oxygens (including phenoxy) is 1. The van der Waals surface area contributed by atoms with Crippen LogP contribution in [-0.2, 0) is 66.2 Å². The van der Waals surface area contributed by atoms with Gasteiger partial charge in [-0.05, 0) is 59.4 Å². The largest absolute Gasteiger partial charge is 0.480 e. The van der Waals surface area contributed by atoms with Gasteiger partial charge in [-0.1, -0.05) is 44.2 Å². The molecule has 0 saturated heterocycles. The average Bonchev–Trinajstić information content (AvgIpc) is 3.90. The number of rotatable bonds is 33. The molecule has 0 radical (unpaired) electrons. The molecule has 31 heteroatoms. The Bertz CT molecular complexity index is 2500. The summed E-state index contributed by atoms with van der Waals surface area (Å²) in [4.78, 5) is 137. The summed E-state index contributed by atoms with van der Waals surface area (Å²) in [5, 5.41) is 112. The molecule has 9 amide bonds. The summed E-state index contributed by atoms with van der Waals surface area (Å²) in [6.45, 7) is 7.68. The molecule has 2 aromatic rings. The van der Waals surface area contributed by atoms with Gasteiger partial charge >= 0.3 is 5.97 Å². The van der Waals surface area contributed by atoms with E-state index in [1.165, 1.54) is 24.1 Å². The minimum atomic E-state index is -2.36. The van der Waals surface area contributed by atoms with Gasteiger partial charge in [0.05, 0.1) is 48.7 Å². The van der Waals surface area contributed by atoms with Crippen LogP contribution in [0.15, 0.2) is 42.9 Å². The van der Waals surface area contributed by atoms with E-state index in [9.17, 15) is 93.9 Å². The lowest BCUT2D eigenvalue weighted by Crippen LogP contribution is -2.64. The Balaban J connectivity index is 2.26. The highest BCUT2D eigenvalue weighted by Gasteiger charge is 2.42. The van der Waals surface area contributed by atoms with Gasteiger partial charge in [-0.25, -0.2) is 9.78 Å². The smallest absolute Gasteiger partial charge is 0.328 e. The van der Waals surface area contributed by atoms with E-state index in [2.05, 4.69) is 47.5 Å². The van der Waals surface area contributed by atoms with E-state index in [0.717, 1.165) is 60.6 Å². The molecule has 0 aliphatic rings. The average molecular weight is 1170 g/mol.